The largest absolute Gasteiger partial charge is 0.349 e. The van der Waals surface area contributed by atoms with E-state index in [-0.39, 0.29) is 24.3 Å². The van der Waals surface area contributed by atoms with Gasteiger partial charge in [0.2, 0.25) is 11.8 Å². The number of aromatic nitrogens is 2. The van der Waals surface area contributed by atoms with E-state index in [1.165, 1.54) is 0 Å². The fourth-order valence-electron chi connectivity index (χ4n) is 3.43. The van der Waals surface area contributed by atoms with E-state index in [9.17, 15) is 9.59 Å². The number of imidazole rings is 1. The molecule has 6 heteroatoms. The Labute approximate surface area is 164 Å². The van der Waals surface area contributed by atoms with Crippen molar-refractivity contribution in [3.05, 3.63) is 59.4 Å². The van der Waals surface area contributed by atoms with E-state index >= 15 is 0 Å². The lowest BCUT2D eigenvalue weighted by molar-refractivity contribution is -0.122. The Kier molecular flexibility index (Phi) is 4.86. The summed E-state index contributed by atoms with van der Waals surface area (Å²) in [6, 6.07) is 13.6. The number of nitrogens with one attached hydrogen (secondary N) is 2. The predicted molar refractivity (Wildman–Crippen MR) is 109 cm³/mol. The topological polar surface area (TPSA) is 76.0 Å². The summed E-state index contributed by atoms with van der Waals surface area (Å²) in [7, 11) is 0. The molecule has 0 radical (unpaired) electrons. The summed E-state index contributed by atoms with van der Waals surface area (Å²) in [5.41, 5.74) is 4.61. The van der Waals surface area contributed by atoms with Gasteiger partial charge < -0.3 is 15.2 Å². The molecule has 2 aromatic carbocycles. The summed E-state index contributed by atoms with van der Waals surface area (Å²) in [6.07, 6.45) is 1.92. The molecule has 6 nitrogen and oxygen atoms in total. The minimum Gasteiger partial charge on any atom is -0.349 e. The third-order valence-corrected chi connectivity index (χ3v) is 5.15. The molecule has 1 saturated carbocycles. The van der Waals surface area contributed by atoms with Crippen molar-refractivity contribution in [1.82, 2.24) is 14.9 Å². The van der Waals surface area contributed by atoms with E-state index in [1.807, 2.05) is 60.9 Å². The zero-order valence-corrected chi connectivity index (χ0v) is 16.2. The van der Waals surface area contributed by atoms with E-state index in [1.54, 1.807) is 0 Å². The van der Waals surface area contributed by atoms with Gasteiger partial charge in [-0.1, -0.05) is 30.3 Å². The first-order chi connectivity index (χ1) is 13.5. The second-order valence-corrected chi connectivity index (χ2v) is 7.41. The molecule has 1 aliphatic carbocycles. The molecule has 4 rings (SSSR count). The van der Waals surface area contributed by atoms with Crippen LogP contribution in [0.3, 0.4) is 0 Å². The molecule has 144 valence electrons. The zero-order valence-electron chi connectivity index (χ0n) is 16.2. The molecule has 0 saturated heterocycles. The molecule has 1 aromatic heterocycles. The van der Waals surface area contributed by atoms with Crippen LogP contribution in [-0.2, 0) is 22.7 Å². The minimum atomic E-state index is -0.115. The van der Waals surface area contributed by atoms with Gasteiger partial charge in [-0.3, -0.25) is 9.59 Å². The molecule has 0 atom stereocenters. The zero-order chi connectivity index (χ0) is 19.7. The maximum absolute atomic E-state index is 12.8. The third-order valence-electron chi connectivity index (χ3n) is 5.15. The normalized spacial score (nSPS) is 13.5. The highest BCUT2D eigenvalue weighted by Gasteiger charge is 2.29. The molecule has 28 heavy (non-hydrogen) atoms. The van der Waals surface area contributed by atoms with Crippen molar-refractivity contribution in [2.24, 2.45) is 5.92 Å². The number of nitrogens with zero attached hydrogens (tertiary/aromatic N) is 2. The molecule has 0 spiro atoms. The van der Waals surface area contributed by atoms with Gasteiger partial charge in [0.05, 0.1) is 17.6 Å². The first-order valence-electron chi connectivity index (χ1n) is 9.61. The number of hydrogen-bond acceptors (Lipinski definition) is 3. The number of rotatable bonds is 6. The molecular formula is C22H24N4O2. The van der Waals surface area contributed by atoms with Gasteiger partial charge in [-0.05, 0) is 49.9 Å². The summed E-state index contributed by atoms with van der Waals surface area (Å²) < 4.78 is 1.88. The van der Waals surface area contributed by atoms with E-state index in [0.717, 1.165) is 40.7 Å². The minimum absolute atomic E-state index is 0.0681. The Morgan fingerprint density at radius 1 is 1.07 bits per heavy atom. The highest BCUT2D eigenvalue weighted by atomic mass is 16.2. The van der Waals surface area contributed by atoms with Gasteiger partial charge in [-0.15, -0.1) is 0 Å². The maximum atomic E-state index is 12.8. The molecule has 1 fully saturated rings. The van der Waals surface area contributed by atoms with Crippen LogP contribution in [0.5, 0.6) is 0 Å². The van der Waals surface area contributed by atoms with E-state index in [4.69, 9.17) is 0 Å². The summed E-state index contributed by atoms with van der Waals surface area (Å²) in [4.78, 5) is 29.4. The number of anilines is 1. The van der Waals surface area contributed by atoms with Gasteiger partial charge in [0.1, 0.15) is 12.4 Å². The Bertz CT molecular complexity index is 1030. The second kappa shape index (κ2) is 7.46. The average Bonchev–Trinajstić information content (AvgIpc) is 3.47. The van der Waals surface area contributed by atoms with Crippen LogP contribution in [0.15, 0.2) is 42.5 Å². The van der Waals surface area contributed by atoms with Gasteiger partial charge in [-0.2, -0.15) is 0 Å². The van der Waals surface area contributed by atoms with Crippen molar-refractivity contribution in [3.8, 4) is 0 Å². The van der Waals surface area contributed by atoms with Crippen LogP contribution in [0.1, 0.15) is 29.8 Å². The van der Waals surface area contributed by atoms with Crippen LogP contribution in [0.4, 0.5) is 5.69 Å². The number of aryl methyl sites for hydroxylation is 2. The van der Waals surface area contributed by atoms with Crippen molar-refractivity contribution < 1.29 is 9.59 Å². The highest BCUT2D eigenvalue weighted by Crippen LogP contribution is 2.29. The van der Waals surface area contributed by atoms with Crippen LogP contribution < -0.4 is 10.6 Å². The van der Waals surface area contributed by atoms with E-state index < -0.39 is 0 Å². The fourth-order valence-corrected chi connectivity index (χ4v) is 3.43. The molecule has 1 aliphatic rings. The van der Waals surface area contributed by atoms with Crippen LogP contribution in [0, 0.1) is 19.8 Å². The molecule has 0 bridgehead atoms. The first kappa shape index (κ1) is 18.2. The molecule has 0 aliphatic heterocycles. The van der Waals surface area contributed by atoms with Crippen molar-refractivity contribution >= 4 is 28.5 Å². The molecule has 1 heterocycles. The molecule has 3 aromatic rings. The quantitative estimate of drug-likeness (QED) is 0.693. The summed E-state index contributed by atoms with van der Waals surface area (Å²) in [5.74, 6) is 0.783. The summed E-state index contributed by atoms with van der Waals surface area (Å²) in [5, 5.41) is 5.98. The smallest absolute Gasteiger partial charge is 0.244 e. The standard InChI is InChI=1S/C22H24N4O2/c1-14-6-5-7-15(2)21(14)25-20(27)13-26-18-9-4-3-8-17(18)24-19(26)12-23-22(28)16-10-11-16/h3-9,16H,10-13H2,1-2H3,(H,23,28)(H,25,27). The van der Waals surface area contributed by atoms with Gasteiger partial charge in [0.25, 0.3) is 0 Å². The summed E-state index contributed by atoms with van der Waals surface area (Å²) in [6.45, 7) is 4.42. The van der Waals surface area contributed by atoms with Crippen molar-refractivity contribution in [2.75, 3.05) is 5.32 Å². The lowest BCUT2D eigenvalue weighted by Crippen LogP contribution is -2.27. The van der Waals surface area contributed by atoms with E-state index in [2.05, 4.69) is 15.6 Å². The Morgan fingerprint density at radius 3 is 2.50 bits per heavy atom. The van der Waals surface area contributed by atoms with Gasteiger partial charge in [0, 0.05) is 11.6 Å². The Balaban J connectivity index is 1.56. The summed E-state index contributed by atoms with van der Waals surface area (Å²) >= 11 is 0. The van der Waals surface area contributed by atoms with Crippen molar-refractivity contribution in [2.45, 2.75) is 39.8 Å². The number of carbonyl (C=O) groups excluding carboxylic acids is 2. The monoisotopic (exact) mass is 376 g/mol. The molecule has 0 unspecified atom stereocenters. The number of carbonyl (C=O) groups is 2. The number of hydrogen-bond donors (Lipinski definition) is 2. The average molecular weight is 376 g/mol. The van der Waals surface area contributed by atoms with Crippen LogP contribution in [0.25, 0.3) is 11.0 Å². The van der Waals surface area contributed by atoms with Gasteiger partial charge in [-0.25, -0.2) is 4.98 Å². The van der Waals surface area contributed by atoms with Crippen LogP contribution in [0.2, 0.25) is 0 Å². The number of fused-ring (bicyclic) bond motifs is 1. The molecular weight excluding hydrogens is 352 g/mol. The Hall–Kier alpha value is -3.15. The number of para-hydroxylation sites is 3. The van der Waals surface area contributed by atoms with Crippen molar-refractivity contribution in [1.29, 1.82) is 0 Å². The fraction of sp³-hybridized carbons (Fsp3) is 0.318. The number of amides is 2. The molecule has 2 amide bonds. The van der Waals surface area contributed by atoms with E-state index in [0.29, 0.717) is 12.4 Å². The third kappa shape index (κ3) is 3.76. The maximum Gasteiger partial charge on any atom is 0.244 e. The van der Waals surface area contributed by atoms with Gasteiger partial charge >= 0.3 is 0 Å². The first-order valence-corrected chi connectivity index (χ1v) is 9.61. The highest BCUT2D eigenvalue weighted by molar-refractivity contribution is 5.93. The number of benzene rings is 2. The Morgan fingerprint density at radius 2 is 1.79 bits per heavy atom. The van der Waals surface area contributed by atoms with Crippen LogP contribution in [-0.4, -0.2) is 21.4 Å². The van der Waals surface area contributed by atoms with Crippen LogP contribution >= 0.6 is 0 Å². The van der Waals surface area contributed by atoms with Crippen molar-refractivity contribution in [3.63, 3.8) is 0 Å². The molecule has 2 N–H and O–H groups in total. The predicted octanol–water partition coefficient (Wildman–Crippen LogP) is 3.32. The lowest BCUT2D eigenvalue weighted by atomic mass is 10.1. The second-order valence-electron chi connectivity index (χ2n) is 7.41. The lowest BCUT2D eigenvalue weighted by Gasteiger charge is -2.14. The SMILES string of the molecule is Cc1cccc(C)c1NC(=O)Cn1c(CNC(=O)C2CC2)nc2ccccc21. The van der Waals surface area contributed by atoms with Gasteiger partial charge in [0.15, 0.2) is 0 Å².